The Balaban J connectivity index is 3.65. The van der Waals surface area contributed by atoms with E-state index in [1.165, 1.54) is 0 Å². The van der Waals surface area contributed by atoms with Gasteiger partial charge in [-0.2, -0.15) is 0 Å². The van der Waals surface area contributed by atoms with Crippen molar-refractivity contribution >= 4 is 11.9 Å². The zero-order valence-corrected chi connectivity index (χ0v) is 10.3. The molecule has 0 aromatic heterocycles. The van der Waals surface area contributed by atoms with Crippen molar-refractivity contribution in [3.63, 3.8) is 0 Å². The van der Waals surface area contributed by atoms with Gasteiger partial charge in [-0.25, -0.2) is 0 Å². The molecule has 0 saturated heterocycles. The molecular formula is C11H22N2O3. The normalized spacial score (nSPS) is 11.2. The Morgan fingerprint density at radius 1 is 1.25 bits per heavy atom. The van der Waals surface area contributed by atoms with Crippen molar-refractivity contribution in [2.45, 2.75) is 33.1 Å². The maximum absolute atomic E-state index is 10.9. The monoisotopic (exact) mass is 230 g/mol. The average Bonchev–Trinajstić information content (AvgIpc) is 2.21. The van der Waals surface area contributed by atoms with E-state index in [1.807, 2.05) is 13.8 Å². The van der Waals surface area contributed by atoms with Crippen LogP contribution in [0.2, 0.25) is 0 Å². The average molecular weight is 230 g/mol. The van der Waals surface area contributed by atoms with Crippen molar-refractivity contribution in [3.05, 3.63) is 0 Å². The molecule has 0 unspecified atom stereocenters. The second-order valence-electron chi connectivity index (χ2n) is 4.66. The number of carbonyl (C=O) groups is 2. The standard InChI is InChI=1S/C11H22N2O3/c1-11(2,5-4-10(15)16)6-7-13-8-9(14)12-3/h13H,4-8H2,1-3H3,(H,12,14)(H,15,16). The van der Waals surface area contributed by atoms with E-state index in [9.17, 15) is 9.59 Å². The smallest absolute Gasteiger partial charge is 0.303 e. The molecule has 0 atom stereocenters. The van der Waals surface area contributed by atoms with Crippen LogP contribution in [0, 0.1) is 5.41 Å². The van der Waals surface area contributed by atoms with Crippen LogP contribution in [0.4, 0.5) is 0 Å². The fourth-order valence-electron chi connectivity index (χ4n) is 1.29. The lowest BCUT2D eigenvalue weighted by atomic mass is 9.84. The molecule has 1 amide bonds. The summed E-state index contributed by atoms with van der Waals surface area (Å²) in [6.45, 7) is 5.11. The highest BCUT2D eigenvalue weighted by Gasteiger charge is 2.18. The van der Waals surface area contributed by atoms with Crippen molar-refractivity contribution < 1.29 is 14.7 Å². The summed E-state index contributed by atoms with van der Waals surface area (Å²) in [7, 11) is 1.60. The number of nitrogens with one attached hydrogen (secondary N) is 2. The number of aliphatic carboxylic acids is 1. The highest BCUT2D eigenvalue weighted by molar-refractivity contribution is 5.77. The Labute approximate surface area is 96.6 Å². The molecule has 0 fully saturated rings. The van der Waals surface area contributed by atoms with Crippen molar-refractivity contribution in [2.75, 3.05) is 20.1 Å². The predicted molar refractivity (Wildman–Crippen MR) is 62.2 cm³/mol. The summed E-state index contributed by atoms with van der Waals surface area (Å²) in [6, 6.07) is 0. The molecule has 0 aromatic rings. The minimum Gasteiger partial charge on any atom is -0.481 e. The highest BCUT2D eigenvalue weighted by Crippen LogP contribution is 2.25. The van der Waals surface area contributed by atoms with Gasteiger partial charge in [-0.3, -0.25) is 9.59 Å². The molecule has 0 aliphatic rings. The third-order valence-electron chi connectivity index (χ3n) is 2.56. The summed E-state index contributed by atoms with van der Waals surface area (Å²) >= 11 is 0. The molecule has 5 nitrogen and oxygen atoms in total. The van der Waals surface area contributed by atoms with E-state index >= 15 is 0 Å². The van der Waals surface area contributed by atoms with E-state index in [2.05, 4.69) is 10.6 Å². The summed E-state index contributed by atoms with van der Waals surface area (Å²) in [5, 5.41) is 14.1. The van der Waals surface area contributed by atoms with Crippen LogP contribution in [0.3, 0.4) is 0 Å². The SMILES string of the molecule is CNC(=O)CNCCC(C)(C)CCC(=O)O. The van der Waals surface area contributed by atoms with E-state index in [0.717, 1.165) is 13.0 Å². The maximum Gasteiger partial charge on any atom is 0.303 e. The number of carbonyl (C=O) groups excluding carboxylic acids is 1. The number of hydrogen-bond donors (Lipinski definition) is 3. The molecule has 5 heteroatoms. The third kappa shape index (κ3) is 8.23. The van der Waals surface area contributed by atoms with E-state index in [-0.39, 0.29) is 17.7 Å². The van der Waals surface area contributed by atoms with E-state index in [0.29, 0.717) is 13.0 Å². The Morgan fingerprint density at radius 2 is 1.88 bits per heavy atom. The van der Waals surface area contributed by atoms with Gasteiger partial charge in [0, 0.05) is 13.5 Å². The second kappa shape index (κ2) is 7.22. The molecule has 16 heavy (non-hydrogen) atoms. The molecule has 0 saturated carbocycles. The van der Waals surface area contributed by atoms with Gasteiger partial charge in [-0.05, 0) is 24.8 Å². The van der Waals surface area contributed by atoms with Gasteiger partial charge in [-0.15, -0.1) is 0 Å². The zero-order chi connectivity index (χ0) is 12.6. The van der Waals surface area contributed by atoms with Crippen molar-refractivity contribution in [2.24, 2.45) is 5.41 Å². The van der Waals surface area contributed by atoms with Crippen LogP contribution < -0.4 is 10.6 Å². The van der Waals surface area contributed by atoms with Crippen LogP contribution in [0.5, 0.6) is 0 Å². The van der Waals surface area contributed by atoms with Gasteiger partial charge in [0.1, 0.15) is 0 Å². The lowest BCUT2D eigenvalue weighted by molar-refractivity contribution is -0.137. The number of carboxylic acids is 1. The van der Waals surface area contributed by atoms with Gasteiger partial charge in [0.2, 0.25) is 5.91 Å². The summed E-state index contributed by atoms with van der Waals surface area (Å²) in [5.74, 6) is -0.797. The maximum atomic E-state index is 10.9. The van der Waals surface area contributed by atoms with E-state index < -0.39 is 5.97 Å². The van der Waals surface area contributed by atoms with Crippen molar-refractivity contribution in [1.82, 2.24) is 10.6 Å². The number of carboxylic acid groups (broad SMARTS) is 1. The van der Waals surface area contributed by atoms with Crippen LogP contribution in [0.15, 0.2) is 0 Å². The van der Waals surface area contributed by atoms with E-state index in [4.69, 9.17) is 5.11 Å². The first-order chi connectivity index (χ1) is 7.37. The lowest BCUT2D eigenvalue weighted by Gasteiger charge is -2.23. The summed E-state index contributed by atoms with van der Waals surface area (Å²) in [4.78, 5) is 21.3. The molecule has 0 radical (unpaired) electrons. The number of hydrogen-bond acceptors (Lipinski definition) is 3. The largest absolute Gasteiger partial charge is 0.481 e. The topological polar surface area (TPSA) is 78.4 Å². The molecule has 0 spiro atoms. The zero-order valence-electron chi connectivity index (χ0n) is 10.3. The molecule has 3 N–H and O–H groups in total. The van der Waals surface area contributed by atoms with Crippen LogP contribution in [-0.4, -0.2) is 37.1 Å². The van der Waals surface area contributed by atoms with Gasteiger partial charge in [-0.1, -0.05) is 13.8 Å². The molecule has 0 bridgehead atoms. The first-order valence-electron chi connectivity index (χ1n) is 5.50. The van der Waals surface area contributed by atoms with Gasteiger partial charge in [0.15, 0.2) is 0 Å². The quantitative estimate of drug-likeness (QED) is 0.534. The predicted octanol–water partition coefficient (Wildman–Crippen LogP) is 0.603. The number of rotatable bonds is 8. The molecular weight excluding hydrogens is 208 g/mol. The fraction of sp³-hybridized carbons (Fsp3) is 0.818. The van der Waals surface area contributed by atoms with Crippen LogP contribution in [-0.2, 0) is 9.59 Å². The second-order valence-corrected chi connectivity index (χ2v) is 4.66. The van der Waals surface area contributed by atoms with E-state index in [1.54, 1.807) is 7.05 Å². The Morgan fingerprint density at radius 3 is 2.38 bits per heavy atom. The summed E-state index contributed by atoms with van der Waals surface area (Å²) in [6.07, 6.45) is 1.71. The molecule has 0 aromatic carbocycles. The Hall–Kier alpha value is -1.10. The molecule has 0 rings (SSSR count). The first kappa shape index (κ1) is 14.9. The molecule has 0 heterocycles. The van der Waals surface area contributed by atoms with Gasteiger partial charge >= 0.3 is 5.97 Å². The summed E-state index contributed by atoms with van der Waals surface area (Å²) in [5.41, 5.74) is -0.00587. The lowest BCUT2D eigenvalue weighted by Crippen LogP contribution is -2.33. The molecule has 94 valence electrons. The highest BCUT2D eigenvalue weighted by atomic mass is 16.4. The molecule has 0 aliphatic carbocycles. The Bertz CT molecular complexity index is 239. The fourth-order valence-corrected chi connectivity index (χ4v) is 1.29. The Kier molecular flexibility index (Phi) is 6.72. The van der Waals surface area contributed by atoms with Crippen LogP contribution in [0.1, 0.15) is 33.1 Å². The van der Waals surface area contributed by atoms with Crippen LogP contribution in [0.25, 0.3) is 0 Å². The van der Waals surface area contributed by atoms with Crippen LogP contribution >= 0.6 is 0 Å². The first-order valence-corrected chi connectivity index (χ1v) is 5.50. The third-order valence-corrected chi connectivity index (χ3v) is 2.56. The van der Waals surface area contributed by atoms with Gasteiger partial charge in [0.05, 0.1) is 6.54 Å². The minimum absolute atomic E-state index is 0.00587. The number of likely N-dealkylation sites (N-methyl/N-ethyl adjacent to an activating group) is 1. The van der Waals surface area contributed by atoms with Gasteiger partial charge < -0.3 is 15.7 Å². The minimum atomic E-state index is -0.758. The van der Waals surface area contributed by atoms with Crippen molar-refractivity contribution in [3.8, 4) is 0 Å². The number of amides is 1. The van der Waals surface area contributed by atoms with Crippen molar-refractivity contribution in [1.29, 1.82) is 0 Å². The summed E-state index contributed by atoms with van der Waals surface area (Å²) < 4.78 is 0. The van der Waals surface area contributed by atoms with Gasteiger partial charge in [0.25, 0.3) is 0 Å². The molecule has 0 aliphatic heterocycles.